The van der Waals surface area contributed by atoms with Gasteiger partial charge in [-0.05, 0) is 20.8 Å². The molecule has 0 saturated carbocycles. The number of hydrogen-bond donors (Lipinski definition) is 0. The van der Waals surface area contributed by atoms with Crippen molar-refractivity contribution in [2.45, 2.75) is 39.0 Å². The monoisotopic (exact) mass is 420 g/mol. The molecule has 8 heteroatoms. The first-order chi connectivity index (χ1) is 15.1. The molecule has 2 fully saturated rings. The van der Waals surface area contributed by atoms with E-state index in [1.807, 2.05) is 36.5 Å². The first-order valence-electron chi connectivity index (χ1n) is 10.9. The Labute approximate surface area is 182 Å². The van der Waals surface area contributed by atoms with E-state index >= 15 is 0 Å². The molecular formula is C23H28N6O2. The largest absolute Gasteiger partial charge is 0.377 e. The van der Waals surface area contributed by atoms with Crippen molar-refractivity contribution in [2.24, 2.45) is 0 Å². The van der Waals surface area contributed by atoms with Gasteiger partial charge in [0.1, 0.15) is 0 Å². The Kier molecular flexibility index (Phi) is 5.41. The van der Waals surface area contributed by atoms with Crippen LogP contribution in [0, 0.1) is 0 Å². The third-order valence-electron chi connectivity index (χ3n) is 5.79. The molecule has 2 aliphatic rings. The SMILES string of the molecule is C[C@@H]1CN(c2nc(N3CCOC[C@@H]3C)c3ncc(-c4ccccc4)nc3n2)C[C@H](C)O1. The van der Waals surface area contributed by atoms with Crippen LogP contribution < -0.4 is 9.80 Å². The summed E-state index contributed by atoms with van der Waals surface area (Å²) in [4.78, 5) is 24.0. The maximum Gasteiger partial charge on any atom is 0.229 e. The van der Waals surface area contributed by atoms with Gasteiger partial charge in [0.25, 0.3) is 0 Å². The van der Waals surface area contributed by atoms with Gasteiger partial charge in [-0.1, -0.05) is 30.3 Å². The molecule has 0 radical (unpaired) electrons. The maximum atomic E-state index is 5.91. The molecule has 31 heavy (non-hydrogen) atoms. The predicted octanol–water partition coefficient (Wildman–Crippen LogP) is 2.93. The minimum Gasteiger partial charge on any atom is -0.377 e. The maximum absolute atomic E-state index is 5.91. The van der Waals surface area contributed by atoms with E-state index in [9.17, 15) is 0 Å². The van der Waals surface area contributed by atoms with Gasteiger partial charge in [0, 0.05) is 25.2 Å². The zero-order valence-electron chi connectivity index (χ0n) is 18.2. The van der Waals surface area contributed by atoms with Crippen LogP contribution in [0.2, 0.25) is 0 Å². The molecule has 2 saturated heterocycles. The van der Waals surface area contributed by atoms with E-state index < -0.39 is 0 Å². The molecule has 4 heterocycles. The molecule has 0 unspecified atom stereocenters. The predicted molar refractivity (Wildman–Crippen MR) is 120 cm³/mol. The first-order valence-corrected chi connectivity index (χ1v) is 10.9. The molecule has 1 aromatic carbocycles. The normalized spacial score (nSPS) is 24.5. The van der Waals surface area contributed by atoms with Crippen molar-refractivity contribution in [2.75, 3.05) is 42.6 Å². The van der Waals surface area contributed by atoms with Crippen LogP contribution in [0.4, 0.5) is 11.8 Å². The van der Waals surface area contributed by atoms with Gasteiger partial charge in [0.05, 0.1) is 43.4 Å². The third kappa shape index (κ3) is 4.05. The standard InChI is InChI=1S/C23H28N6O2/c1-15-14-30-10-9-29(15)22-20-21(25-19(11-24-20)18-7-5-4-6-8-18)26-23(27-22)28-12-16(2)31-17(3)13-28/h4-8,11,15-17H,9-10,12-14H2,1-3H3/t15-,16-,17+/m0/s1. The summed E-state index contributed by atoms with van der Waals surface area (Å²) < 4.78 is 11.6. The Hall–Kier alpha value is -2.84. The number of nitrogens with zero attached hydrogens (tertiary/aromatic N) is 6. The molecule has 2 aliphatic heterocycles. The molecule has 0 spiro atoms. The topological polar surface area (TPSA) is 76.5 Å². The van der Waals surface area contributed by atoms with E-state index in [4.69, 9.17) is 29.4 Å². The lowest BCUT2D eigenvalue weighted by Crippen LogP contribution is -2.47. The first kappa shape index (κ1) is 20.1. The number of morpholine rings is 2. The lowest BCUT2D eigenvalue weighted by Gasteiger charge is -2.37. The molecular weight excluding hydrogens is 392 g/mol. The van der Waals surface area contributed by atoms with E-state index in [1.54, 1.807) is 0 Å². The van der Waals surface area contributed by atoms with Gasteiger partial charge in [-0.15, -0.1) is 0 Å². The van der Waals surface area contributed by atoms with Crippen LogP contribution in [0.1, 0.15) is 20.8 Å². The molecule has 2 aromatic heterocycles. The van der Waals surface area contributed by atoms with Crippen LogP contribution in [0.5, 0.6) is 0 Å². The third-order valence-corrected chi connectivity index (χ3v) is 5.79. The smallest absolute Gasteiger partial charge is 0.229 e. The molecule has 0 aliphatic carbocycles. The summed E-state index contributed by atoms with van der Waals surface area (Å²) in [6, 6.07) is 10.3. The zero-order valence-corrected chi connectivity index (χ0v) is 18.2. The van der Waals surface area contributed by atoms with Crippen LogP contribution in [0.15, 0.2) is 36.5 Å². The number of benzene rings is 1. The van der Waals surface area contributed by atoms with Gasteiger partial charge in [-0.2, -0.15) is 9.97 Å². The molecule has 0 N–H and O–H groups in total. The van der Waals surface area contributed by atoms with Crippen LogP contribution in [-0.2, 0) is 9.47 Å². The van der Waals surface area contributed by atoms with E-state index in [-0.39, 0.29) is 18.2 Å². The van der Waals surface area contributed by atoms with Crippen molar-refractivity contribution < 1.29 is 9.47 Å². The fraction of sp³-hybridized carbons (Fsp3) is 0.478. The van der Waals surface area contributed by atoms with Crippen molar-refractivity contribution >= 4 is 22.9 Å². The number of rotatable bonds is 3. The lowest BCUT2D eigenvalue weighted by molar-refractivity contribution is -0.00570. The van der Waals surface area contributed by atoms with Crippen molar-refractivity contribution in [1.29, 1.82) is 0 Å². The van der Waals surface area contributed by atoms with Crippen LogP contribution >= 0.6 is 0 Å². The molecule has 8 nitrogen and oxygen atoms in total. The van der Waals surface area contributed by atoms with E-state index in [0.717, 1.165) is 42.2 Å². The average Bonchev–Trinajstić information content (AvgIpc) is 2.78. The summed E-state index contributed by atoms with van der Waals surface area (Å²) in [5, 5.41) is 0. The van der Waals surface area contributed by atoms with Crippen molar-refractivity contribution in [1.82, 2.24) is 19.9 Å². The molecule has 5 rings (SSSR count). The van der Waals surface area contributed by atoms with Gasteiger partial charge < -0.3 is 19.3 Å². The van der Waals surface area contributed by atoms with Gasteiger partial charge in [0.2, 0.25) is 5.95 Å². The highest BCUT2D eigenvalue weighted by atomic mass is 16.5. The quantitative estimate of drug-likeness (QED) is 0.640. The summed E-state index contributed by atoms with van der Waals surface area (Å²) in [5.41, 5.74) is 3.17. The van der Waals surface area contributed by atoms with Gasteiger partial charge >= 0.3 is 0 Å². The van der Waals surface area contributed by atoms with E-state index in [2.05, 4.69) is 30.6 Å². The van der Waals surface area contributed by atoms with Crippen LogP contribution in [0.25, 0.3) is 22.4 Å². The minimum atomic E-state index is 0.121. The fourth-order valence-corrected chi connectivity index (χ4v) is 4.36. The second kappa shape index (κ2) is 8.36. The summed E-state index contributed by atoms with van der Waals surface area (Å²) in [6.45, 7) is 9.93. The molecule has 0 amide bonds. The second-order valence-electron chi connectivity index (χ2n) is 8.42. The van der Waals surface area contributed by atoms with Crippen LogP contribution in [-0.4, -0.2) is 71.0 Å². The average molecular weight is 421 g/mol. The Morgan fingerprint density at radius 1 is 0.968 bits per heavy atom. The van der Waals surface area contributed by atoms with Gasteiger partial charge in [-0.3, -0.25) is 0 Å². The number of aromatic nitrogens is 4. The zero-order chi connectivity index (χ0) is 21.4. The lowest BCUT2D eigenvalue weighted by atomic mass is 10.1. The Bertz CT molecular complexity index is 1050. The molecule has 3 aromatic rings. The molecule has 162 valence electrons. The Morgan fingerprint density at radius 3 is 2.48 bits per heavy atom. The van der Waals surface area contributed by atoms with Gasteiger partial charge in [-0.25, -0.2) is 9.97 Å². The Morgan fingerprint density at radius 2 is 1.74 bits per heavy atom. The van der Waals surface area contributed by atoms with E-state index in [1.165, 1.54) is 0 Å². The Balaban J connectivity index is 1.64. The summed E-state index contributed by atoms with van der Waals surface area (Å²) in [5.74, 6) is 1.51. The summed E-state index contributed by atoms with van der Waals surface area (Å²) in [6.07, 6.45) is 2.06. The van der Waals surface area contributed by atoms with Crippen molar-refractivity contribution in [3.05, 3.63) is 36.5 Å². The summed E-state index contributed by atoms with van der Waals surface area (Å²) >= 11 is 0. The van der Waals surface area contributed by atoms with Crippen molar-refractivity contribution in [3.63, 3.8) is 0 Å². The highest BCUT2D eigenvalue weighted by Gasteiger charge is 2.28. The van der Waals surface area contributed by atoms with Gasteiger partial charge in [0.15, 0.2) is 17.0 Å². The number of fused-ring (bicyclic) bond motifs is 1. The minimum absolute atomic E-state index is 0.121. The highest BCUT2D eigenvalue weighted by molar-refractivity contribution is 5.85. The van der Waals surface area contributed by atoms with Crippen molar-refractivity contribution in [3.8, 4) is 11.3 Å². The second-order valence-corrected chi connectivity index (χ2v) is 8.42. The van der Waals surface area contributed by atoms with E-state index in [0.29, 0.717) is 24.8 Å². The fourth-order valence-electron chi connectivity index (χ4n) is 4.36. The molecule has 3 atom stereocenters. The number of ether oxygens (including phenoxy) is 2. The number of hydrogen-bond acceptors (Lipinski definition) is 8. The summed E-state index contributed by atoms with van der Waals surface area (Å²) in [7, 11) is 0. The highest BCUT2D eigenvalue weighted by Crippen LogP contribution is 2.29. The van der Waals surface area contributed by atoms with Crippen LogP contribution in [0.3, 0.4) is 0 Å². The molecule has 0 bridgehead atoms. The number of anilines is 2.